The SMILES string of the molecule is N#Cc1cc(-c2cc(-n3c4ccc(-c5cc(C(F)(F)F)cc(C(F)(F)F)c5)cc4c4cc(-c5cc(C(F)(F)F)cc(C(F)(F)F)c5)ccc43)c(C#N)c(-n3c4ccc(-c5cc(C(F)(F)F)cc(C(F)(F)F)c5)cc4c4cc(-c5cc(C(F)(F)F)cc(C(F)(F)F)c5)ccc43)c2)cc(C(F)(F)F)c1. The van der Waals surface area contributed by atoms with E-state index in [0.717, 1.165) is 100 Å². The molecule has 4 nitrogen and oxygen atoms in total. The number of hydrogen-bond acceptors (Lipinski definition) is 2. The second-order valence-electron chi connectivity index (χ2n) is 23.2. The van der Waals surface area contributed by atoms with Gasteiger partial charge in [0, 0.05) is 21.5 Å². The van der Waals surface area contributed by atoms with Crippen molar-refractivity contribution < 1.29 is 119 Å². The molecule has 0 radical (unpaired) electrons. The average molecular weight is 1450 g/mol. The van der Waals surface area contributed by atoms with Gasteiger partial charge in [-0.05, 0) is 207 Å². The normalized spacial score (nSPS) is 13.2. The summed E-state index contributed by atoms with van der Waals surface area (Å²) in [5.74, 6) is 0. The van der Waals surface area contributed by atoms with E-state index < -0.39 is 184 Å². The fourth-order valence-corrected chi connectivity index (χ4v) is 12.0. The van der Waals surface area contributed by atoms with Crippen molar-refractivity contribution >= 4 is 43.6 Å². The molecule has 12 aromatic rings. The van der Waals surface area contributed by atoms with Gasteiger partial charge in [0.05, 0.1) is 95.1 Å². The van der Waals surface area contributed by atoms with Gasteiger partial charge in [-0.1, -0.05) is 24.3 Å². The van der Waals surface area contributed by atoms with Crippen LogP contribution in [0.25, 0.3) is 111 Å². The minimum atomic E-state index is -5.46. The molecule has 0 unspecified atom stereocenters. The number of nitriles is 2. The molecule has 0 amide bonds. The Morgan fingerprint density at radius 3 is 0.598 bits per heavy atom. The third-order valence-electron chi connectivity index (χ3n) is 16.6. The van der Waals surface area contributed by atoms with Crippen LogP contribution in [0, 0.1) is 22.7 Å². The number of hydrogen-bond donors (Lipinski definition) is 0. The number of aromatic nitrogens is 2. The Morgan fingerprint density at radius 2 is 0.402 bits per heavy atom. The van der Waals surface area contributed by atoms with Crippen LogP contribution in [0.3, 0.4) is 0 Å². The second kappa shape index (κ2) is 23.8. The smallest absolute Gasteiger partial charge is 0.308 e. The quantitative estimate of drug-likeness (QED) is 0.149. The molecule has 12 rings (SSSR count). The van der Waals surface area contributed by atoms with Gasteiger partial charge in [-0.3, -0.25) is 0 Å². The lowest BCUT2D eigenvalue weighted by Crippen LogP contribution is -2.11. The highest BCUT2D eigenvalue weighted by Crippen LogP contribution is 2.49. The minimum Gasteiger partial charge on any atom is -0.308 e. The highest BCUT2D eigenvalue weighted by atomic mass is 19.4. The van der Waals surface area contributed by atoms with E-state index >= 15 is 0 Å². The van der Waals surface area contributed by atoms with Crippen molar-refractivity contribution in [2.75, 3.05) is 0 Å². The van der Waals surface area contributed by atoms with E-state index in [-0.39, 0.29) is 67.9 Å². The summed E-state index contributed by atoms with van der Waals surface area (Å²) in [4.78, 5) is 0. The molecule has 0 bridgehead atoms. The molecule has 31 heteroatoms. The zero-order chi connectivity index (χ0) is 74.5. The maximum absolute atomic E-state index is 14.9. The zero-order valence-electron chi connectivity index (χ0n) is 49.7. The summed E-state index contributed by atoms with van der Waals surface area (Å²) in [5.41, 5.74) is -26.1. The van der Waals surface area contributed by atoms with E-state index in [0.29, 0.717) is 60.7 Å². The summed E-state index contributed by atoms with van der Waals surface area (Å²) in [7, 11) is 0. The van der Waals surface area contributed by atoms with Gasteiger partial charge in [-0.15, -0.1) is 0 Å². The van der Waals surface area contributed by atoms with Crippen molar-refractivity contribution in [1.82, 2.24) is 9.13 Å². The van der Waals surface area contributed by atoms with Gasteiger partial charge in [0.1, 0.15) is 11.6 Å². The molecule has 0 aliphatic carbocycles. The summed E-state index contributed by atoms with van der Waals surface area (Å²) in [5, 5.41) is 20.4. The van der Waals surface area contributed by atoms with Crippen LogP contribution in [0.2, 0.25) is 0 Å². The topological polar surface area (TPSA) is 57.4 Å². The lowest BCUT2D eigenvalue weighted by atomic mass is 9.96. The van der Waals surface area contributed by atoms with Crippen molar-refractivity contribution in [3.8, 4) is 79.1 Å². The van der Waals surface area contributed by atoms with E-state index in [1.165, 1.54) is 0 Å². The van der Waals surface area contributed by atoms with Crippen LogP contribution in [0.5, 0.6) is 0 Å². The largest absolute Gasteiger partial charge is 0.416 e. The zero-order valence-corrected chi connectivity index (χ0v) is 49.7. The van der Waals surface area contributed by atoms with Crippen LogP contribution in [0.4, 0.5) is 119 Å². The average Bonchev–Trinajstić information content (AvgIpc) is 1.55. The van der Waals surface area contributed by atoms with Crippen molar-refractivity contribution in [3.63, 3.8) is 0 Å². The summed E-state index contributed by atoms with van der Waals surface area (Å²) >= 11 is 0. The van der Waals surface area contributed by atoms with E-state index in [2.05, 4.69) is 0 Å². The van der Waals surface area contributed by atoms with Gasteiger partial charge in [-0.2, -0.15) is 129 Å². The summed E-state index contributed by atoms with van der Waals surface area (Å²) < 4.78 is 392. The van der Waals surface area contributed by atoms with Gasteiger partial charge in [-0.25, -0.2) is 0 Å². The van der Waals surface area contributed by atoms with Gasteiger partial charge in [0.15, 0.2) is 0 Å². The molecule has 0 saturated heterocycles. The van der Waals surface area contributed by atoms with E-state index in [1.54, 1.807) is 6.07 Å². The molecule has 0 aliphatic heterocycles. The highest BCUT2D eigenvalue weighted by molar-refractivity contribution is 6.14. The first-order valence-corrected chi connectivity index (χ1v) is 28.7. The molecule has 522 valence electrons. The molecule has 102 heavy (non-hydrogen) atoms. The molecule has 0 aliphatic rings. The second-order valence-corrected chi connectivity index (χ2v) is 23.2. The number of benzene rings is 10. The number of fused-ring (bicyclic) bond motifs is 6. The molecular weight excluding hydrogens is 1420 g/mol. The van der Waals surface area contributed by atoms with Gasteiger partial charge >= 0.3 is 55.6 Å². The molecule has 2 aromatic heterocycles. The molecule has 0 saturated carbocycles. The predicted molar refractivity (Wildman–Crippen MR) is 317 cm³/mol. The monoisotopic (exact) mass is 1450 g/mol. The number of alkyl halides is 27. The van der Waals surface area contributed by atoms with Crippen molar-refractivity contribution in [2.45, 2.75) is 55.6 Å². The lowest BCUT2D eigenvalue weighted by Gasteiger charge is -2.19. The molecule has 0 atom stereocenters. The fraction of sp³-hybridized carbons (Fsp3) is 0.127. The van der Waals surface area contributed by atoms with Crippen LogP contribution in [0.1, 0.15) is 61.2 Å². The Hall–Kier alpha value is -11.1. The van der Waals surface area contributed by atoms with Crippen LogP contribution in [0.15, 0.2) is 176 Å². The first-order chi connectivity index (χ1) is 47.1. The Balaban J connectivity index is 1.23. The van der Waals surface area contributed by atoms with Crippen LogP contribution >= 0.6 is 0 Å². The Bertz CT molecular complexity index is 4840. The van der Waals surface area contributed by atoms with E-state index in [4.69, 9.17) is 0 Å². The number of halogens is 27. The summed E-state index contributed by atoms with van der Waals surface area (Å²) in [6.07, 6.45) is -48.9. The van der Waals surface area contributed by atoms with Crippen molar-refractivity contribution in [2.24, 2.45) is 0 Å². The summed E-state index contributed by atoms with van der Waals surface area (Å²) in [6.45, 7) is 0. The van der Waals surface area contributed by atoms with Crippen LogP contribution in [-0.2, 0) is 55.6 Å². The molecule has 10 aromatic carbocycles. The Kier molecular flexibility index (Phi) is 16.5. The van der Waals surface area contributed by atoms with Crippen LogP contribution < -0.4 is 0 Å². The molecule has 0 spiro atoms. The lowest BCUT2D eigenvalue weighted by molar-refractivity contribution is -0.144. The van der Waals surface area contributed by atoms with Crippen LogP contribution in [-0.4, -0.2) is 9.13 Å². The molecular formula is C71H29F27N4. The molecule has 0 fully saturated rings. The maximum Gasteiger partial charge on any atom is 0.416 e. The minimum absolute atomic E-state index is 0.218. The first-order valence-electron chi connectivity index (χ1n) is 28.7. The Labute approximate surface area is 552 Å². The molecule has 0 N–H and O–H groups in total. The third-order valence-corrected chi connectivity index (χ3v) is 16.6. The van der Waals surface area contributed by atoms with Crippen molar-refractivity contribution in [3.05, 3.63) is 237 Å². The standard InChI is InChI=1S/C71H29F27N4/c72-63(73,74)43-10-32(30-99)9-37(11-43)42-24-61(101-57-5-1-33(38-12-44(64(75,76)77)26-45(13-38)65(78,79)80)20-52(57)53-21-34(2-6-58(53)101)39-14-46(66(81,82)83)27-47(15-39)67(84,85)86)56(31-100)62(25-42)102-59-7-3-35(40-16-48(68(87,88)89)28-49(17-40)69(90,91)92)22-54(59)55-23-36(4-8-60(55)102)41-18-50(70(93,94)95)29-51(19-41)71(96,97)98/h1-29H. The fourth-order valence-electron chi connectivity index (χ4n) is 12.0. The Morgan fingerprint density at radius 1 is 0.206 bits per heavy atom. The molecule has 2 heterocycles. The predicted octanol–water partition coefficient (Wildman–Crippen LogP) is 25.1. The number of nitrogens with zero attached hydrogens (tertiary/aromatic N) is 4. The third kappa shape index (κ3) is 13.3. The van der Waals surface area contributed by atoms with Gasteiger partial charge < -0.3 is 9.13 Å². The first kappa shape index (κ1) is 70.7. The number of rotatable bonds is 7. The van der Waals surface area contributed by atoms with E-state index in [1.807, 2.05) is 6.07 Å². The van der Waals surface area contributed by atoms with E-state index in [9.17, 15) is 129 Å². The highest BCUT2D eigenvalue weighted by Gasteiger charge is 2.42. The summed E-state index contributed by atoms with van der Waals surface area (Å²) in [6, 6.07) is 20.3. The maximum atomic E-state index is 14.9. The van der Waals surface area contributed by atoms with Gasteiger partial charge in [0.2, 0.25) is 0 Å². The van der Waals surface area contributed by atoms with Gasteiger partial charge in [0.25, 0.3) is 0 Å². The van der Waals surface area contributed by atoms with Crippen molar-refractivity contribution in [1.29, 1.82) is 10.5 Å².